The Morgan fingerprint density at radius 2 is 1.76 bits per heavy atom. The number of halogens is 3. The highest BCUT2D eigenvalue weighted by Gasteiger charge is 2.35. The maximum Gasteiger partial charge on any atom is 0.246 e. The van der Waals surface area contributed by atoms with E-state index in [0.717, 1.165) is 0 Å². The summed E-state index contributed by atoms with van der Waals surface area (Å²) in [5.41, 5.74) is 0.463. The Bertz CT molecular complexity index is 440. The van der Waals surface area contributed by atoms with Crippen LogP contribution in [0.5, 0.6) is 11.5 Å². The van der Waals surface area contributed by atoms with Crippen LogP contribution in [-0.4, -0.2) is 14.7 Å². The monoisotopic (exact) mass is 296 g/mol. The molecule has 1 atom stereocenters. The number of alkyl halides is 3. The van der Waals surface area contributed by atoms with E-state index in [2.05, 4.69) is 0 Å². The zero-order valence-electron chi connectivity index (χ0n) is 9.21. The molecule has 0 saturated heterocycles. The highest BCUT2D eigenvalue weighted by Crippen LogP contribution is 2.44. The van der Waals surface area contributed by atoms with Gasteiger partial charge in [0.2, 0.25) is 9.58 Å². The van der Waals surface area contributed by atoms with Gasteiger partial charge in [-0.3, -0.25) is 0 Å². The van der Waals surface area contributed by atoms with Crippen LogP contribution in [0.1, 0.15) is 25.5 Å². The predicted octanol–water partition coefficient (Wildman–Crippen LogP) is 3.60. The maximum absolute atomic E-state index is 9.83. The van der Waals surface area contributed by atoms with E-state index in [1.807, 2.05) is 0 Å². The number of fused-ring (bicyclic) bond motifs is 1. The van der Waals surface area contributed by atoms with Gasteiger partial charge in [0, 0.05) is 13.8 Å². The Balaban J connectivity index is 2.31. The molecule has 2 rings (SSSR count). The Hall–Kier alpha value is -0.350. The molecule has 1 aliphatic rings. The van der Waals surface area contributed by atoms with Crippen molar-refractivity contribution >= 4 is 34.8 Å². The lowest BCUT2D eigenvalue weighted by Gasteiger charge is -2.19. The van der Waals surface area contributed by atoms with Gasteiger partial charge in [-0.25, -0.2) is 0 Å². The molecule has 94 valence electrons. The molecule has 0 fully saturated rings. The van der Waals surface area contributed by atoms with Crippen molar-refractivity contribution in [2.24, 2.45) is 0 Å². The summed E-state index contributed by atoms with van der Waals surface area (Å²) >= 11 is 16.9. The molecule has 1 heterocycles. The summed E-state index contributed by atoms with van der Waals surface area (Å²) in [5, 5.41) is 9.83. The number of benzene rings is 1. The molecular weight excluding hydrogens is 286 g/mol. The van der Waals surface area contributed by atoms with Crippen LogP contribution in [0.3, 0.4) is 0 Å². The quantitative estimate of drug-likeness (QED) is 0.805. The van der Waals surface area contributed by atoms with Crippen molar-refractivity contribution in [2.45, 2.75) is 29.5 Å². The van der Waals surface area contributed by atoms with E-state index in [-0.39, 0.29) is 0 Å². The van der Waals surface area contributed by atoms with Crippen LogP contribution in [0.15, 0.2) is 18.2 Å². The zero-order chi connectivity index (χ0) is 12.8. The molecule has 1 aromatic rings. The molecule has 0 bridgehead atoms. The zero-order valence-corrected chi connectivity index (χ0v) is 11.5. The molecule has 0 radical (unpaired) electrons. The first-order valence-electron chi connectivity index (χ1n) is 4.96. The summed E-state index contributed by atoms with van der Waals surface area (Å²) in [6.45, 7) is 3.58. The Morgan fingerprint density at radius 1 is 1.18 bits per heavy atom. The molecule has 0 amide bonds. The smallest absolute Gasteiger partial charge is 0.246 e. The van der Waals surface area contributed by atoms with Crippen molar-refractivity contribution in [2.75, 3.05) is 0 Å². The second-order valence-corrected chi connectivity index (χ2v) is 6.62. The van der Waals surface area contributed by atoms with Crippen LogP contribution in [0.2, 0.25) is 0 Å². The van der Waals surface area contributed by atoms with Crippen LogP contribution < -0.4 is 9.47 Å². The largest absolute Gasteiger partial charge is 0.449 e. The molecular formula is C11H11Cl3O3. The molecule has 17 heavy (non-hydrogen) atoms. The van der Waals surface area contributed by atoms with Gasteiger partial charge in [0.15, 0.2) is 11.5 Å². The molecule has 3 nitrogen and oxygen atoms in total. The van der Waals surface area contributed by atoms with Gasteiger partial charge in [-0.1, -0.05) is 40.9 Å². The second kappa shape index (κ2) is 4.09. The predicted molar refractivity (Wildman–Crippen MR) is 67.0 cm³/mol. The third-order valence-electron chi connectivity index (χ3n) is 2.31. The van der Waals surface area contributed by atoms with Crippen LogP contribution in [-0.2, 0) is 0 Å². The molecule has 1 N–H and O–H groups in total. The topological polar surface area (TPSA) is 38.7 Å². The first-order valence-corrected chi connectivity index (χ1v) is 6.09. The fourth-order valence-corrected chi connectivity index (χ4v) is 1.98. The average molecular weight is 298 g/mol. The summed E-state index contributed by atoms with van der Waals surface area (Å²) in [7, 11) is 0. The SMILES string of the molecule is CC1(C)Oc2ccc(C(O)C(Cl)(Cl)Cl)cc2O1. The van der Waals surface area contributed by atoms with E-state index in [1.165, 1.54) is 0 Å². The molecule has 0 saturated carbocycles. The first-order chi connectivity index (χ1) is 7.69. The highest BCUT2D eigenvalue weighted by atomic mass is 35.6. The third-order valence-corrected chi connectivity index (χ3v) is 2.93. The third kappa shape index (κ3) is 2.74. The normalized spacial score (nSPS) is 19.2. The van der Waals surface area contributed by atoms with Crippen molar-refractivity contribution in [1.29, 1.82) is 0 Å². The summed E-state index contributed by atoms with van der Waals surface area (Å²) in [6, 6.07) is 4.92. The van der Waals surface area contributed by atoms with Gasteiger partial charge >= 0.3 is 0 Å². The molecule has 1 unspecified atom stereocenters. The van der Waals surface area contributed by atoms with E-state index < -0.39 is 15.7 Å². The van der Waals surface area contributed by atoms with E-state index in [4.69, 9.17) is 44.3 Å². The maximum atomic E-state index is 9.83. The minimum absolute atomic E-state index is 0.463. The van der Waals surface area contributed by atoms with E-state index in [0.29, 0.717) is 17.1 Å². The van der Waals surface area contributed by atoms with Gasteiger partial charge in [0.25, 0.3) is 0 Å². The Kier molecular flexibility index (Phi) is 3.15. The number of aliphatic hydroxyl groups excluding tert-OH is 1. The van der Waals surface area contributed by atoms with Crippen molar-refractivity contribution in [3.63, 3.8) is 0 Å². The fraction of sp³-hybridized carbons (Fsp3) is 0.455. The summed E-state index contributed by atoms with van der Waals surface area (Å²) < 4.78 is 9.27. The van der Waals surface area contributed by atoms with Gasteiger partial charge < -0.3 is 14.6 Å². The first kappa shape index (κ1) is 13.1. The summed E-state index contributed by atoms with van der Waals surface area (Å²) in [6.07, 6.45) is -1.22. The minimum Gasteiger partial charge on any atom is -0.449 e. The van der Waals surface area contributed by atoms with Crippen LogP contribution in [0.4, 0.5) is 0 Å². The van der Waals surface area contributed by atoms with E-state index in [1.54, 1.807) is 32.0 Å². The van der Waals surface area contributed by atoms with Gasteiger partial charge in [0.1, 0.15) is 6.10 Å². The molecule has 1 aliphatic heterocycles. The Morgan fingerprint density at radius 3 is 2.35 bits per heavy atom. The lowest BCUT2D eigenvalue weighted by Crippen LogP contribution is -2.29. The minimum atomic E-state index is -1.77. The standard InChI is InChI=1S/C11H11Cl3O3/c1-10(2)16-7-4-3-6(5-8(7)17-10)9(15)11(12,13)14/h3-5,9,15H,1-2H3. The lowest BCUT2D eigenvalue weighted by atomic mass is 10.1. The van der Waals surface area contributed by atoms with Gasteiger partial charge in [-0.05, 0) is 17.7 Å². The van der Waals surface area contributed by atoms with Crippen molar-refractivity contribution < 1.29 is 14.6 Å². The summed E-state index contributed by atoms with van der Waals surface area (Å²) in [4.78, 5) is 0. The van der Waals surface area contributed by atoms with Gasteiger partial charge in [-0.2, -0.15) is 0 Å². The lowest BCUT2D eigenvalue weighted by molar-refractivity contribution is -0.0432. The van der Waals surface area contributed by atoms with Gasteiger partial charge in [-0.15, -0.1) is 0 Å². The van der Waals surface area contributed by atoms with Gasteiger partial charge in [0.05, 0.1) is 0 Å². The van der Waals surface area contributed by atoms with Crippen LogP contribution in [0.25, 0.3) is 0 Å². The van der Waals surface area contributed by atoms with Crippen molar-refractivity contribution in [1.82, 2.24) is 0 Å². The molecule has 1 aromatic carbocycles. The fourth-order valence-electron chi connectivity index (χ4n) is 1.60. The molecule has 0 spiro atoms. The number of hydrogen-bond donors (Lipinski definition) is 1. The van der Waals surface area contributed by atoms with Crippen molar-refractivity contribution in [3.8, 4) is 11.5 Å². The summed E-state index contributed by atoms with van der Waals surface area (Å²) in [5.74, 6) is 0.419. The number of ether oxygens (including phenoxy) is 2. The number of hydrogen-bond acceptors (Lipinski definition) is 3. The second-order valence-electron chi connectivity index (χ2n) is 4.25. The highest BCUT2D eigenvalue weighted by molar-refractivity contribution is 6.68. The van der Waals surface area contributed by atoms with Crippen LogP contribution in [0, 0.1) is 0 Å². The number of rotatable bonds is 1. The van der Waals surface area contributed by atoms with E-state index in [9.17, 15) is 5.11 Å². The van der Waals surface area contributed by atoms with Crippen LogP contribution >= 0.6 is 34.8 Å². The molecule has 0 aliphatic carbocycles. The number of aliphatic hydroxyl groups is 1. The molecule has 0 aromatic heterocycles. The van der Waals surface area contributed by atoms with E-state index >= 15 is 0 Å². The molecule has 6 heteroatoms. The average Bonchev–Trinajstić information content (AvgIpc) is 2.47. The Labute approximate surface area is 114 Å². The van der Waals surface area contributed by atoms with Crippen molar-refractivity contribution in [3.05, 3.63) is 23.8 Å².